The molecule has 0 aromatic heterocycles. The van der Waals surface area contributed by atoms with E-state index in [-0.39, 0.29) is 22.3 Å². The molecule has 1 atom stereocenters. The first kappa shape index (κ1) is 25.4. The largest absolute Gasteiger partial charge is 0.497 e. The van der Waals surface area contributed by atoms with Crippen LogP contribution in [0.25, 0.3) is 0 Å². The number of benzene rings is 3. The van der Waals surface area contributed by atoms with Crippen molar-refractivity contribution >= 4 is 33.2 Å². The number of halogens is 1. The van der Waals surface area contributed by atoms with Crippen LogP contribution in [0.2, 0.25) is 5.02 Å². The Hall–Kier alpha value is -3.27. The van der Waals surface area contributed by atoms with Crippen molar-refractivity contribution in [3.8, 4) is 17.2 Å². The Labute approximate surface area is 203 Å². The lowest BCUT2D eigenvalue weighted by atomic mass is 10.1. The molecule has 1 amide bonds. The molecule has 0 fully saturated rings. The van der Waals surface area contributed by atoms with E-state index in [4.69, 9.17) is 25.8 Å². The van der Waals surface area contributed by atoms with Crippen LogP contribution in [0, 0.1) is 0 Å². The number of rotatable bonds is 10. The molecule has 8 nitrogen and oxygen atoms in total. The topological polar surface area (TPSA) is 103 Å². The van der Waals surface area contributed by atoms with Gasteiger partial charge in [0.1, 0.15) is 17.2 Å². The summed E-state index contributed by atoms with van der Waals surface area (Å²) in [6.45, 7) is 1.40. The quantitative estimate of drug-likeness (QED) is 0.424. The Balaban J connectivity index is 1.64. The summed E-state index contributed by atoms with van der Waals surface area (Å²) in [6.07, 6.45) is 0. The highest BCUT2D eigenvalue weighted by Gasteiger charge is 2.20. The Morgan fingerprint density at radius 3 is 2.32 bits per heavy atom. The SMILES string of the molecule is COc1ccc(OC)c(NC(=O)COc2ccc(S(=O)(=O)N[C@H](C)c3ccccc3)cc2Cl)c1. The third-order valence-electron chi connectivity index (χ3n) is 4.88. The second-order valence-corrected chi connectivity index (χ2v) is 9.37. The molecule has 0 saturated heterocycles. The third kappa shape index (κ3) is 6.40. The maximum Gasteiger partial charge on any atom is 0.262 e. The molecule has 0 heterocycles. The van der Waals surface area contributed by atoms with Crippen LogP contribution in [0.3, 0.4) is 0 Å². The number of sulfonamides is 1. The maximum absolute atomic E-state index is 12.8. The van der Waals surface area contributed by atoms with E-state index in [1.165, 1.54) is 32.4 Å². The number of hydrogen-bond donors (Lipinski definition) is 2. The zero-order valence-electron chi connectivity index (χ0n) is 18.9. The van der Waals surface area contributed by atoms with Crippen molar-refractivity contribution in [1.82, 2.24) is 4.72 Å². The maximum atomic E-state index is 12.8. The molecule has 180 valence electrons. The summed E-state index contributed by atoms with van der Waals surface area (Å²) in [5, 5.41) is 2.74. The average Bonchev–Trinajstić information content (AvgIpc) is 2.83. The van der Waals surface area contributed by atoms with E-state index >= 15 is 0 Å². The summed E-state index contributed by atoms with van der Waals surface area (Å²) in [6, 6.07) is 17.8. The second-order valence-electron chi connectivity index (χ2n) is 7.25. The minimum atomic E-state index is -3.83. The standard InChI is InChI=1S/C24H25ClN2O6S/c1-16(17-7-5-4-6-8-17)27-34(29,30)19-10-12-22(20(25)14-19)33-15-24(28)26-21-13-18(31-2)9-11-23(21)32-3/h4-14,16,27H,15H2,1-3H3,(H,26,28)/t16-/m1/s1. The lowest BCUT2D eigenvalue weighted by Crippen LogP contribution is -2.27. The number of amides is 1. The van der Waals surface area contributed by atoms with Crippen molar-refractivity contribution in [2.45, 2.75) is 17.9 Å². The van der Waals surface area contributed by atoms with Gasteiger partial charge in [0.2, 0.25) is 10.0 Å². The van der Waals surface area contributed by atoms with E-state index < -0.39 is 22.0 Å². The van der Waals surface area contributed by atoms with E-state index in [9.17, 15) is 13.2 Å². The summed E-state index contributed by atoms with van der Waals surface area (Å²) in [5.41, 5.74) is 1.25. The van der Waals surface area contributed by atoms with Gasteiger partial charge >= 0.3 is 0 Å². The molecule has 10 heteroatoms. The van der Waals surface area contributed by atoms with Crippen LogP contribution in [-0.2, 0) is 14.8 Å². The van der Waals surface area contributed by atoms with E-state index in [1.54, 1.807) is 25.1 Å². The van der Waals surface area contributed by atoms with Crippen LogP contribution in [0.1, 0.15) is 18.5 Å². The molecule has 0 saturated carbocycles. The molecule has 0 bridgehead atoms. The first-order valence-electron chi connectivity index (χ1n) is 10.2. The molecule has 0 radical (unpaired) electrons. The molecular weight excluding hydrogens is 480 g/mol. The van der Waals surface area contributed by atoms with Crippen molar-refractivity contribution in [3.05, 3.63) is 77.3 Å². The monoisotopic (exact) mass is 504 g/mol. The lowest BCUT2D eigenvalue weighted by molar-refractivity contribution is -0.118. The van der Waals surface area contributed by atoms with E-state index in [0.717, 1.165) is 5.56 Å². The van der Waals surface area contributed by atoms with E-state index in [2.05, 4.69) is 10.0 Å². The summed E-state index contributed by atoms with van der Waals surface area (Å²) >= 11 is 6.23. The third-order valence-corrected chi connectivity index (χ3v) is 6.72. The van der Waals surface area contributed by atoms with Crippen molar-refractivity contribution in [2.24, 2.45) is 0 Å². The number of ether oxygens (including phenoxy) is 3. The second kappa shape index (κ2) is 11.2. The average molecular weight is 505 g/mol. The van der Waals surface area contributed by atoms with Gasteiger partial charge in [-0.05, 0) is 42.8 Å². The van der Waals surface area contributed by atoms with Crippen molar-refractivity contribution in [2.75, 3.05) is 26.1 Å². The van der Waals surface area contributed by atoms with Gasteiger partial charge in [-0.3, -0.25) is 4.79 Å². The van der Waals surface area contributed by atoms with Crippen LogP contribution in [-0.4, -0.2) is 35.2 Å². The number of nitrogens with one attached hydrogen (secondary N) is 2. The zero-order valence-corrected chi connectivity index (χ0v) is 20.4. The number of carbonyl (C=O) groups is 1. The fourth-order valence-corrected chi connectivity index (χ4v) is 4.68. The molecule has 3 rings (SSSR count). The summed E-state index contributed by atoms with van der Waals surface area (Å²) in [4.78, 5) is 12.4. The summed E-state index contributed by atoms with van der Waals surface area (Å²) in [7, 11) is -0.829. The van der Waals surface area contributed by atoms with Crippen molar-refractivity contribution in [3.63, 3.8) is 0 Å². The van der Waals surface area contributed by atoms with E-state index in [1.807, 2.05) is 30.3 Å². The predicted octanol–water partition coefficient (Wildman–Crippen LogP) is 4.41. The Bertz CT molecular complexity index is 1250. The van der Waals surface area contributed by atoms with Crippen LogP contribution in [0.5, 0.6) is 17.2 Å². The number of carbonyl (C=O) groups excluding carboxylic acids is 1. The molecule has 3 aromatic rings. The van der Waals surface area contributed by atoms with Gasteiger partial charge < -0.3 is 19.5 Å². The molecule has 34 heavy (non-hydrogen) atoms. The molecule has 0 spiro atoms. The van der Waals surface area contributed by atoms with Gasteiger partial charge in [-0.1, -0.05) is 41.9 Å². The fraction of sp³-hybridized carbons (Fsp3) is 0.208. The minimum Gasteiger partial charge on any atom is -0.497 e. The van der Waals surface area contributed by atoms with Gasteiger partial charge in [0.25, 0.3) is 5.91 Å². The minimum absolute atomic E-state index is 0.0156. The Kier molecular flexibility index (Phi) is 8.38. The van der Waals surface area contributed by atoms with Crippen molar-refractivity contribution < 1.29 is 27.4 Å². The summed E-state index contributed by atoms with van der Waals surface area (Å²) in [5.74, 6) is 0.716. The Morgan fingerprint density at radius 2 is 1.68 bits per heavy atom. The normalized spacial score (nSPS) is 12.0. The fourth-order valence-electron chi connectivity index (χ4n) is 3.12. The molecule has 0 unspecified atom stereocenters. The number of methoxy groups -OCH3 is 2. The van der Waals surface area contributed by atoms with Crippen LogP contribution in [0.4, 0.5) is 5.69 Å². The number of anilines is 1. The van der Waals surface area contributed by atoms with Crippen molar-refractivity contribution in [1.29, 1.82) is 0 Å². The highest BCUT2D eigenvalue weighted by molar-refractivity contribution is 7.89. The smallest absolute Gasteiger partial charge is 0.262 e. The first-order chi connectivity index (χ1) is 16.2. The molecule has 0 aliphatic carbocycles. The lowest BCUT2D eigenvalue weighted by Gasteiger charge is -2.16. The van der Waals surface area contributed by atoms with Crippen LogP contribution >= 0.6 is 11.6 Å². The summed E-state index contributed by atoms with van der Waals surface area (Å²) < 4.78 is 44.0. The highest BCUT2D eigenvalue weighted by atomic mass is 35.5. The predicted molar refractivity (Wildman–Crippen MR) is 130 cm³/mol. The van der Waals surface area contributed by atoms with Crippen LogP contribution < -0.4 is 24.2 Å². The van der Waals surface area contributed by atoms with Gasteiger partial charge in [0.15, 0.2) is 6.61 Å². The van der Waals surface area contributed by atoms with Gasteiger partial charge in [-0.15, -0.1) is 0 Å². The van der Waals surface area contributed by atoms with Gasteiger partial charge in [0.05, 0.1) is 29.8 Å². The molecular formula is C24H25ClN2O6S. The highest BCUT2D eigenvalue weighted by Crippen LogP contribution is 2.30. The van der Waals surface area contributed by atoms with Gasteiger partial charge in [0, 0.05) is 12.1 Å². The molecule has 3 aromatic carbocycles. The molecule has 0 aliphatic rings. The van der Waals surface area contributed by atoms with Gasteiger partial charge in [-0.25, -0.2) is 13.1 Å². The zero-order chi connectivity index (χ0) is 24.7. The van der Waals surface area contributed by atoms with Crippen LogP contribution in [0.15, 0.2) is 71.6 Å². The molecule has 0 aliphatic heterocycles. The van der Waals surface area contributed by atoms with Gasteiger partial charge in [-0.2, -0.15) is 0 Å². The van der Waals surface area contributed by atoms with E-state index in [0.29, 0.717) is 17.2 Å². The number of hydrogen-bond acceptors (Lipinski definition) is 6. The Morgan fingerprint density at radius 1 is 0.971 bits per heavy atom. The molecule has 2 N–H and O–H groups in total. The first-order valence-corrected chi connectivity index (χ1v) is 12.1.